The molecule has 1 aromatic rings. The molecular formula is C18H23NO4. The van der Waals surface area contributed by atoms with E-state index in [1.807, 2.05) is 30.3 Å². The van der Waals surface area contributed by atoms with E-state index in [2.05, 4.69) is 5.32 Å². The predicted molar refractivity (Wildman–Crippen MR) is 86.6 cm³/mol. The van der Waals surface area contributed by atoms with E-state index in [4.69, 9.17) is 9.47 Å². The van der Waals surface area contributed by atoms with Gasteiger partial charge in [-0.05, 0) is 32.8 Å². The Balaban J connectivity index is 1.75. The highest BCUT2D eigenvalue weighted by atomic mass is 16.6. The summed E-state index contributed by atoms with van der Waals surface area (Å²) in [7, 11) is 0. The minimum atomic E-state index is -0.541. The van der Waals surface area contributed by atoms with Gasteiger partial charge in [0.1, 0.15) is 12.2 Å². The van der Waals surface area contributed by atoms with Crippen LogP contribution in [0.5, 0.6) is 0 Å². The Kier molecular flexibility index (Phi) is 5.42. The van der Waals surface area contributed by atoms with Gasteiger partial charge < -0.3 is 14.8 Å². The van der Waals surface area contributed by atoms with Gasteiger partial charge in [-0.15, -0.1) is 0 Å². The van der Waals surface area contributed by atoms with Crippen molar-refractivity contribution in [2.75, 3.05) is 0 Å². The van der Waals surface area contributed by atoms with Crippen LogP contribution in [0.25, 0.3) is 0 Å². The van der Waals surface area contributed by atoms with Gasteiger partial charge in [-0.3, -0.25) is 4.79 Å². The van der Waals surface area contributed by atoms with Crippen molar-refractivity contribution in [3.05, 3.63) is 48.0 Å². The van der Waals surface area contributed by atoms with Gasteiger partial charge in [-0.1, -0.05) is 42.5 Å². The third-order valence-electron chi connectivity index (χ3n) is 3.31. The second-order valence-electron chi connectivity index (χ2n) is 6.57. The van der Waals surface area contributed by atoms with Crippen LogP contribution in [-0.4, -0.2) is 23.7 Å². The first kappa shape index (κ1) is 17.1. The van der Waals surface area contributed by atoms with Gasteiger partial charge in [0.2, 0.25) is 0 Å². The molecule has 0 spiro atoms. The molecule has 2 atom stereocenters. The van der Waals surface area contributed by atoms with E-state index in [1.165, 1.54) is 0 Å². The van der Waals surface area contributed by atoms with Crippen LogP contribution in [0.4, 0.5) is 4.79 Å². The van der Waals surface area contributed by atoms with E-state index < -0.39 is 11.7 Å². The molecule has 5 heteroatoms. The number of hydrogen-bond acceptors (Lipinski definition) is 4. The number of carbonyl (C=O) groups excluding carboxylic acids is 2. The Morgan fingerprint density at radius 2 is 1.87 bits per heavy atom. The highest BCUT2D eigenvalue weighted by Gasteiger charge is 2.28. The molecule has 1 aliphatic carbocycles. The van der Waals surface area contributed by atoms with Gasteiger partial charge in [-0.2, -0.15) is 0 Å². The van der Waals surface area contributed by atoms with Crippen LogP contribution in [0, 0.1) is 5.92 Å². The normalized spacial score (nSPS) is 20.1. The number of nitrogens with one attached hydrogen (secondary N) is 1. The number of benzene rings is 1. The fourth-order valence-electron chi connectivity index (χ4n) is 2.28. The molecule has 0 aromatic heterocycles. The molecule has 1 N–H and O–H groups in total. The Labute approximate surface area is 136 Å². The fourth-order valence-corrected chi connectivity index (χ4v) is 2.28. The average molecular weight is 317 g/mol. The number of esters is 1. The molecule has 1 aromatic carbocycles. The number of hydrogen-bond donors (Lipinski definition) is 1. The van der Waals surface area contributed by atoms with Crippen molar-refractivity contribution >= 4 is 12.1 Å². The summed E-state index contributed by atoms with van der Waals surface area (Å²) in [5.41, 5.74) is 0.409. The Hall–Kier alpha value is -2.30. The minimum absolute atomic E-state index is 0.209. The standard InChI is InChI=1S/C18H23NO4/c1-18(2,3)23-17(21)19-15-10-9-14(11-15)16(20)22-12-13-7-5-4-6-8-13/h4-10,14-15H,11-12H2,1-3H3,(H,19,21)/t14-,15+/m0/s1. The van der Waals surface area contributed by atoms with Gasteiger partial charge in [0, 0.05) is 0 Å². The summed E-state index contributed by atoms with van der Waals surface area (Å²) in [6, 6.07) is 9.32. The molecule has 0 unspecified atom stereocenters. The van der Waals surface area contributed by atoms with Crippen molar-refractivity contribution in [3.8, 4) is 0 Å². The van der Waals surface area contributed by atoms with Gasteiger partial charge in [0.25, 0.3) is 0 Å². The zero-order chi connectivity index (χ0) is 16.9. The maximum Gasteiger partial charge on any atom is 0.408 e. The number of rotatable bonds is 4. The van der Waals surface area contributed by atoms with Crippen molar-refractivity contribution in [3.63, 3.8) is 0 Å². The first-order chi connectivity index (χ1) is 10.8. The molecule has 1 amide bonds. The monoisotopic (exact) mass is 317 g/mol. The SMILES string of the molecule is CC(C)(C)OC(=O)N[C@@H]1C=C[C@H](C(=O)OCc2ccccc2)C1. The van der Waals surface area contributed by atoms with Crippen LogP contribution in [0.3, 0.4) is 0 Å². The van der Waals surface area contributed by atoms with E-state index >= 15 is 0 Å². The van der Waals surface area contributed by atoms with Crippen molar-refractivity contribution in [2.24, 2.45) is 5.92 Å². The molecule has 23 heavy (non-hydrogen) atoms. The first-order valence-corrected chi connectivity index (χ1v) is 7.72. The van der Waals surface area contributed by atoms with Crippen molar-refractivity contribution < 1.29 is 19.1 Å². The minimum Gasteiger partial charge on any atom is -0.460 e. The first-order valence-electron chi connectivity index (χ1n) is 7.72. The van der Waals surface area contributed by atoms with Crippen LogP contribution in [0.1, 0.15) is 32.8 Å². The van der Waals surface area contributed by atoms with Gasteiger partial charge in [0.15, 0.2) is 0 Å². The zero-order valence-corrected chi connectivity index (χ0v) is 13.7. The van der Waals surface area contributed by atoms with E-state index in [0.717, 1.165) is 5.56 Å². The molecule has 124 valence electrons. The predicted octanol–water partition coefficient (Wildman–Crippen LogP) is 3.20. The fraction of sp³-hybridized carbons (Fsp3) is 0.444. The third-order valence-corrected chi connectivity index (χ3v) is 3.31. The van der Waals surface area contributed by atoms with Crippen molar-refractivity contribution in [2.45, 2.75) is 45.4 Å². The molecule has 1 aliphatic rings. The van der Waals surface area contributed by atoms with Crippen LogP contribution in [-0.2, 0) is 20.9 Å². The Morgan fingerprint density at radius 1 is 1.17 bits per heavy atom. The highest BCUT2D eigenvalue weighted by molar-refractivity contribution is 5.76. The average Bonchev–Trinajstić information content (AvgIpc) is 2.92. The topological polar surface area (TPSA) is 64.6 Å². The summed E-state index contributed by atoms with van der Waals surface area (Å²) in [5, 5.41) is 2.74. The highest BCUT2D eigenvalue weighted by Crippen LogP contribution is 2.20. The Bertz CT molecular complexity index is 574. The number of ether oxygens (including phenoxy) is 2. The van der Waals surface area contributed by atoms with E-state index in [9.17, 15) is 9.59 Å². The van der Waals surface area contributed by atoms with Crippen LogP contribution >= 0.6 is 0 Å². The van der Waals surface area contributed by atoms with Gasteiger partial charge in [0.05, 0.1) is 12.0 Å². The lowest BCUT2D eigenvalue weighted by atomic mass is 10.1. The lowest BCUT2D eigenvalue weighted by molar-refractivity contribution is -0.148. The zero-order valence-electron chi connectivity index (χ0n) is 13.7. The van der Waals surface area contributed by atoms with Crippen LogP contribution in [0.2, 0.25) is 0 Å². The summed E-state index contributed by atoms with van der Waals surface area (Å²) in [5.74, 6) is -0.614. The lowest BCUT2D eigenvalue weighted by Gasteiger charge is -2.21. The number of alkyl carbamates (subject to hydrolysis) is 1. The number of carbonyl (C=O) groups is 2. The molecule has 5 nitrogen and oxygen atoms in total. The lowest BCUT2D eigenvalue weighted by Crippen LogP contribution is -2.38. The van der Waals surface area contributed by atoms with Crippen molar-refractivity contribution in [1.29, 1.82) is 0 Å². The molecule has 0 aliphatic heterocycles. The maximum absolute atomic E-state index is 12.1. The quantitative estimate of drug-likeness (QED) is 0.684. The molecule has 0 bridgehead atoms. The van der Waals surface area contributed by atoms with Crippen molar-refractivity contribution in [1.82, 2.24) is 5.32 Å². The van der Waals surface area contributed by atoms with Gasteiger partial charge in [-0.25, -0.2) is 4.79 Å². The molecule has 0 saturated carbocycles. The second kappa shape index (κ2) is 7.31. The molecule has 0 fully saturated rings. The summed E-state index contributed by atoms with van der Waals surface area (Å²) in [6.45, 7) is 5.68. The molecule has 0 saturated heterocycles. The van der Waals surface area contributed by atoms with E-state index in [1.54, 1.807) is 32.9 Å². The maximum atomic E-state index is 12.1. The van der Waals surface area contributed by atoms with Crippen LogP contribution in [0.15, 0.2) is 42.5 Å². The second-order valence-corrected chi connectivity index (χ2v) is 6.57. The van der Waals surface area contributed by atoms with Crippen LogP contribution < -0.4 is 5.32 Å². The Morgan fingerprint density at radius 3 is 2.52 bits per heavy atom. The molecule has 0 heterocycles. The molecule has 2 rings (SSSR count). The summed E-state index contributed by atoms with van der Waals surface area (Å²) in [6.07, 6.45) is 3.59. The summed E-state index contributed by atoms with van der Waals surface area (Å²) >= 11 is 0. The molecule has 0 radical (unpaired) electrons. The number of amides is 1. The van der Waals surface area contributed by atoms with Gasteiger partial charge >= 0.3 is 12.1 Å². The smallest absolute Gasteiger partial charge is 0.408 e. The van der Waals surface area contributed by atoms with E-state index in [0.29, 0.717) is 6.42 Å². The third kappa shape index (κ3) is 5.77. The summed E-state index contributed by atoms with van der Waals surface area (Å²) in [4.78, 5) is 23.8. The van der Waals surface area contributed by atoms with E-state index in [-0.39, 0.29) is 24.5 Å². The summed E-state index contributed by atoms with van der Waals surface area (Å²) < 4.78 is 10.5. The largest absolute Gasteiger partial charge is 0.460 e. The molecular weight excluding hydrogens is 294 g/mol.